The second-order valence-corrected chi connectivity index (χ2v) is 6.85. The zero-order valence-electron chi connectivity index (χ0n) is 12.3. The topological polar surface area (TPSA) is 42.3 Å². The van der Waals surface area contributed by atoms with Gasteiger partial charge in [0, 0.05) is 24.2 Å². The Morgan fingerprint density at radius 3 is 2.83 bits per heavy atom. The van der Waals surface area contributed by atoms with Gasteiger partial charge < -0.3 is 9.47 Å². The number of alkyl halides is 3. The third kappa shape index (κ3) is 3.34. The fraction of sp³-hybridized carbons (Fsp3) is 0.333. The lowest BCUT2D eigenvalue weighted by Gasteiger charge is -2.27. The molecule has 3 heterocycles. The molecule has 0 aliphatic carbocycles. The van der Waals surface area contributed by atoms with Crippen LogP contribution in [-0.2, 0) is 30.5 Å². The Morgan fingerprint density at radius 2 is 2.12 bits per heavy atom. The van der Waals surface area contributed by atoms with Crippen molar-refractivity contribution in [3.05, 3.63) is 55.1 Å². The van der Waals surface area contributed by atoms with Crippen LogP contribution in [0.4, 0.5) is 13.2 Å². The Morgan fingerprint density at radius 1 is 1.38 bits per heavy atom. The van der Waals surface area contributed by atoms with Crippen molar-refractivity contribution in [3.63, 3.8) is 0 Å². The summed E-state index contributed by atoms with van der Waals surface area (Å²) in [5.41, 5.74) is -0.834. The van der Waals surface area contributed by atoms with E-state index in [1.807, 2.05) is 11.4 Å². The van der Waals surface area contributed by atoms with E-state index in [0.29, 0.717) is 31.8 Å². The summed E-state index contributed by atoms with van der Waals surface area (Å²) >= 11 is 7.21. The summed E-state index contributed by atoms with van der Waals surface area (Å²) in [6.45, 7) is 0.412. The van der Waals surface area contributed by atoms with Crippen LogP contribution in [0.5, 0.6) is 0 Å². The van der Waals surface area contributed by atoms with E-state index < -0.39 is 34.8 Å². The summed E-state index contributed by atoms with van der Waals surface area (Å²) < 4.78 is 39.2. The average molecular weight is 377 g/mol. The van der Waals surface area contributed by atoms with Gasteiger partial charge in [-0.25, -0.2) is 0 Å². The Kier molecular flexibility index (Phi) is 4.44. The summed E-state index contributed by atoms with van der Waals surface area (Å²) in [6, 6.07) is 2.50. The molecule has 0 saturated carbocycles. The van der Waals surface area contributed by atoms with E-state index in [2.05, 4.69) is 0 Å². The van der Waals surface area contributed by atoms with Crippen molar-refractivity contribution in [3.8, 4) is 0 Å². The van der Waals surface area contributed by atoms with Gasteiger partial charge in [0.15, 0.2) is 0 Å². The molecule has 24 heavy (non-hydrogen) atoms. The number of pyridine rings is 1. The number of nitrogens with zero attached hydrogens (tertiary/aromatic N) is 2. The van der Waals surface area contributed by atoms with Crippen LogP contribution in [0.2, 0.25) is 5.02 Å². The molecule has 0 unspecified atom stereocenters. The molecule has 0 atom stereocenters. The first-order chi connectivity index (χ1) is 11.3. The molecule has 4 nitrogen and oxygen atoms in total. The van der Waals surface area contributed by atoms with Crippen molar-refractivity contribution < 1.29 is 18.0 Å². The SMILES string of the molecule is O=C(Cn1cc(C(F)(F)F)cc(Cl)c1=O)N1CCc2sccc2C1. The monoisotopic (exact) mass is 376 g/mol. The first kappa shape index (κ1) is 17.0. The van der Waals surface area contributed by atoms with Gasteiger partial charge in [-0.05, 0) is 29.5 Å². The number of halogens is 4. The second kappa shape index (κ2) is 6.25. The first-order valence-electron chi connectivity index (χ1n) is 7.06. The van der Waals surface area contributed by atoms with Gasteiger partial charge in [0.2, 0.25) is 5.91 Å². The molecule has 0 radical (unpaired) electrons. The highest BCUT2D eigenvalue weighted by atomic mass is 35.5. The number of fused-ring (bicyclic) bond motifs is 1. The zero-order valence-corrected chi connectivity index (χ0v) is 13.8. The normalized spacial score (nSPS) is 14.6. The third-order valence-corrected chi connectivity index (χ3v) is 5.13. The highest BCUT2D eigenvalue weighted by Gasteiger charge is 2.32. The quantitative estimate of drug-likeness (QED) is 0.808. The lowest BCUT2D eigenvalue weighted by Crippen LogP contribution is -2.39. The molecule has 2 aromatic heterocycles. The van der Waals surface area contributed by atoms with Crippen LogP contribution >= 0.6 is 22.9 Å². The van der Waals surface area contributed by atoms with Crippen molar-refractivity contribution in [2.75, 3.05) is 6.54 Å². The first-order valence-corrected chi connectivity index (χ1v) is 8.31. The predicted octanol–water partition coefficient (Wildman–Crippen LogP) is 3.17. The van der Waals surface area contributed by atoms with E-state index in [0.717, 1.165) is 10.1 Å². The van der Waals surface area contributed by atoms with Crippen LogP contribution in [0.3, 0.4) is 0 Å². The lowest BCUT2D eigenvalue weighted by atomic mass is 10.1. The molecule has 0 saturated heterocycles. The fourth-order valence-corrected chi connectivity index (χ4v) is 3.69. The van der Waals surface area contributed by atoms with Gasteiger partial charge in [-0.1, -0.05) is 11.6 Å². The maximum Gasteiger partial charge on any atom is 0.417 e. The molecule has 0 bridgehead atoms. The van der Waals surface area contributed by atoms with Crippen LogP contribution in [0.25, 0.3) is 0 Å². The maximum atomic E-state index is 12.8. The van der Waals surface area contributed by atoms with Crippen molar-refractivity contribution in [1.29, 1.82) is 0 Å². The summed E-state index contributed by atoms with van der Waals surface area (Å²) in [5, 5.41) is 1.38. The molecule has 2 aromatic rings. The minimum absolute atomic E-state index is 0.402. The number of hydrogen-bond donors (Lipinski definition) is 0. The Hall–Kier alpha value is -1.80. The molecule has 0 N–H and O–H groups in total. The summed E-state index contributed by atoms with van der Waals surface area (Å²) in [4.78, 5) is 27.0. The van der Waals surface area contributed by atoms with Crippen molar-refractivity contribution in [1.82, 2.24) is 9.47 Å². The second-order valence-electron chi connectivity index (χ2n) is 5.44. The van der Waals surface area contributed by atoms with Crippen molar-refractivity contribution in [2.24, 2.45) is 0 Å². The standard InChI is InChI=1S/C15H12ClF3N2O2S/c16-11-5-10(15(17,18)19)7-21(14(11)23)8-13(22)20-3-1-12-9(6-20)2-4-24-12/h2,4-5,7H,1,3,6,8H2. The molecule has 3 rings (SSSR count). The molecule has 9 heteroatoms. The molecule has 0 fully saturated rings. The number of thiophene rings is 1. The fourth-order valence-electron chi connectivity index (χ4n) is 2.58. The minimum Gasteiger partial charge on any atom is -0.336 e. The number of carbonyl (C=O) groups is 1. The number of rotatable bonds is 2. The van der Waals surface area contributed by atoms with Crippen molar-refractivity contribution >= 4 is 28.8 Å². The summed E-state index contributed by atoms with van der Waals surface area (Å²) in [5.74, 6) is -0.413. The zero-order chi connectivity index (χ0) is 17.5. The Bertz CT molecular complexity index is 844. The van der Waals surface area contributed by atoms with Crippen LogP contribution in [0.15, 0.2) is 28.5 Å². The molecule has 1 aliphatic rings. The smallest absolute Gasteiger partial charge is 0.336 e. The van der Waals surface area contributed by atoms with E-state index in [1.165, 1.54) is 9.78 Å². The third-order valence-electron chi connectivity index (χ3n) is 3.84. The van der Waals surface area contributed by atoms with Gasteiger partial charge in [-0.3, -0.25) is 9.59 Å². The molecule has 0 aromatic carbocycles. The van der Waals surface area contributed by atoms with E-state index in [-0.39, 0.29) is 0 Å². The summed E-state index contributed by atoms with van der Waals surface area (Å²) in [6.07, 6.45) is -3.30. The number of amides is 1. The van der Waals surface area contributed by atoms with Crippen molar-refractivity contribution in [2.45, 2.75) is 25.7 Å². The highest BCUT2D eigenvalue weighted by Crippen LogP contribution is 2.29. The number of carbonyl (C=O) groups excluding carboxylic acids is 1. The summed E-state index contributed by atoms with van der Waals surface area (Å²) in [7, 11) is 0. The minimum atomic E-state index is -4.64. The Balaban J connectivity index is 1.82. The average Bonchev–Trinajstić information content (AvgIpc) is 2.97. The van der Waals surface area contributed by atoms with E-state index >= 15 is 0 Å². The maximum absolute atomic E-state index is 12.8. The molecular formula is C15H12ClF3N2O2S. The van der Waals surface area contributed by atoms with Crippen LogP contribution in [0, 0.1) is 0 Å². The predicted molar refractivity (Wildman–Crippen MR) is 84.2 cm³/mol. The molecule has 0 spiro atoms. The van der Waals surface area contributed by atoms with Gasteiger partial charge in [0.05, 0.1) is 5.56 Å². The van der Waals surface area contributed by atoms with Gasteiger partial charge in [0.1, 0.15) is 11.6 Å². The van der Waals surface area contributed by atoms with E-state index in [1.54, 1.807) is 11.3 Å². The largest absolute Gasteiger partial charge is 0.417 e. The van der Waals surface area contributed by atoms with Crippen LogP contribution in [-0.4, -0.2) is 21.9 Å². The van der Waals surface area contributed by atoms with E-state index in [4.69, 9.17) is 11.6 Å². The van der Waals surface area contributed by atoms with Crippen LogP contribution in [0.1, 0.15) is 16.0 Å². The molecular weight excluding hydrogens is 365 g/mol. The number of aromatic nitrogens is 1. The number of hydrogen-bond acceptors (Lipinski definition) is 3. The van der Waals surface area contributed by atoms with E-state index in [9.17, 15) is 22.8 Å². The van der Waals surface area contributed by atoms with Crippen LogP contribution < -0.4 is 5.56 Å². The molecule has 128 valence electrons. The highest BCUT2D eigenvalue weighted by molar-refractivity contribution is 7.10. The van der Waals surface area contributed by atoms with Gasteiger partial charge >= 0.3 is 6.18 Å². The Labute approximate surface area is 144 Å². The molecule has 1 amide bonds. The van der Waals surface area contributed by atoms with Gasteiger partial charge in [-0.15, -0.1) is 11.3 Å². The van der Waals surface area contributed by atoms with Gasteiger partial charge in [-0.2, -0.15) is 13.2 Å². The molecule has 1 aliphatic heterocycles. The van der Waals surface area contributed by atoms with Gasteiger partial charge in [0.25, 0.3) is 5.56 Å². The lowest BCUT2D eigenvalue weighted by molar-refractivity contribution is -0.139.